The van der Waals surface area contributed by atoms with Crippen LogP contribution in [0.5, 0.6) is 0 Å². The fourth-order valence-electron chi connectivity index (χ4n) is 1.92. The number of nitrogens with two attached hydrogens (primary N) is 1. The van der Waals surface area contributed by atoms with E-state index in [-0.39, 0.29) is 17.4 Å². The zero-order valence-electron chi connectivity index (χ0n) is 10.8. The molecule has 0 aliphatic carbocycles. The van der Waals surface area contributed by atoms with Gasteiger partial charge in [0, 0.05) is 22.3 Å². The molecule has 1 unspecified atom stereocenters. The molecule has 2 aromatic carbocycles. The molecule has 0 radical (unpaired) electrons. The van der Waals surface area contributed by atoms with Gasteiger partial charge in [-0.05, 0) is 36.8 Å². The highest BCUT2D eigenvalue weighted by Gasteiger charge is 2.12. The molecule has 20 heavy (non-hydrogen) atoms. The Kier molecular flexibility index (Phi) is 4.24. The molecule has 0 saturated heterocycles. The Balaban J connectivity index is 2.18. The minimum atomic E-state index is -0.489. The summed E-state index contributed by atoms with van der Waals surface area (Å²) in [5, 5.41) is 14.0. The number of hydrogen-bond donors (Lipinski definition) is 2. The summed E-state index contributed by atoms with van der Waals surface area (Å²) in [6.45, 7) is 2.01. The van der Waals surface area contributed by atoms with Crippen LogP contribution >= 0.6 is 15.9 Å². The van der Waals surface area contributed by atoms with Gasteiger partial charge in [0.15, 0.2) is 0 Å². The number of halogens is 1. The summed E-state index contributed by atoms with van der Waals surface area (Å²) >= 11 is 3.43. The smallest absolute Gasteiger partial charge is 0.292 e. The van der Waals surface area contributed by atoms with Gasteiger partial charge in [-0.1, -0.05) is 28.1 Å². The van der Waals surface area contributed by atoms with E-state index in [1.807, 2.05) is 31.2 Å². The maximum atomic E-state index is 10.7. The molecular weight excluding hydrogens is 322 g/mol. The molecule has 0 heterocycles. The summed E-state index contributed by atoms with van der Waals surface area (Å²) in [5.74, 6) is 0. The lowest BCUT2D eigenvalue weighted by Gasteiger charge is -2.16. The molecule has 0 aliphatic heterocycles. The monoisotopic (exact) mass is 335 g/mol. The standard InChI is InChI=1S/C14H14BrN3O2/c1-9(10-3-2-4-11(15)7-10)17-12-5-6-14(18(19)20)13(16)8-12/h2-9,17H,16H2,1H3. The fraction of sp³-hybridized carbons (Fsp3) is 0.143. The number of nitro groups is 1. The van der Waals surface area contributed by atoms with Crippen LogP contribution in [0.15, 0.2) is 46.9 Å². The van der Waals surface area contributed by atoms with E-state index in [1.165, 1.54) is 6.07 Å². The van der Waals surface area contributed by atoms with Crippen LogP contribution in [-0.4, -0.2) is 4.92 Å². The van der Waals surface area contributed by atoms with Crippen LogP contribution < -0.4 is 11.1 Å². The summed E-state index contributed by atoms with van der Waals surface area (Å²) in [7, 11) is 0. The Bertz CT molecular complexity index is 646. The van der Waals surface area contributed by atoms with Crippen LogP contribution in [-0.2, 0) is 0 Å². The lowest BCUT2D eigenvalue weighted by molar-refractivity contribution is -0.383. The highest BCUT2D eigenvalue weighted by Crippen LogP contribution is 2.27. The summed E-state index contributed by atoms with van der Waals surface area (Å²) in [6.07, 6.45) is 0. The molecule has 0 aromatic heterocycles. The second kappa shape index (κ2) is 5.92. The number of benzene rings is 2. The predicted molar refractivity (Wildman–Crippen MR) is 83.7 cm³/mol. The largest absolute Gasteiger partial charge is 0.393 e. The average molecular weight is 336 g/mol. The van der Waals surface area contributed by atoms with Crippen molar-refractivity contribution >= 4 is 33.0 Å². The molecule has 0 amide bonds. The molecule has 5 nitrogen and oxygen atoms in total. The first-order valence-corrected chi connectivity index (χ1v) is 6.82. The van der Waals surface area contributed by atoms with E-state index < -0.39 is 4.92 Å². The minimum absolute atomic E-state index is 0.0633. The molecule has 104 valence electrons. The molecule has 0 saturated carbocycles. The second-order valence-electron chi connectivity index (χ2n) is 4.45. The molecule has 2 aromatic rings. The van der Waals surface area contributed by atoms with Crippen LogP contribution in [0.2, 0.25) is 0 Å². The Hall–Kier alpha value is -2.08. The van der Waals surface area contributed by atoms with Gasteiger partial charge in [-0.25, -0.2) is 0 Å². The molecule has 2 rings (SSSR count). The summed E-state index contributed by atoms with van der Waals surface area (Å²) < 4.78 is 1.01. The lowest BCUT2D eigenvalue weighted by atomic mass is 10.1. The van der Waals surface area contributed by atoms with Gasteiger partial charge >= 0.3 is 0 Å². The third-order valence-corrected chi connectivity index (χ3v) is 3.45. The Morgan fingerprint density at radius 3 is 2.65 bits per heavy atom. The normalized spacial score (nSPS) is 11.9. The summed E-state index contributed by atoms with van der Waals surface area (Å²) in [6, 6.07) is 12.7. The van der Waals surface area contributed by atoms with E-state index in [4.69, 9.17) is 5.73 Å². The highest BCUT2D eigenvalue weighted by molar-refractivity contribution is 9.10. The number of nitrogens with zero attached hydrogens (tertiary/aromatic N) is 1. The van der Waals surface area contributed by atoms with Gasteiger partial charge in [0.25, 0.3) is 5.69 Å². The van der Waals surface area contributed by atoms with E-state index in [2.05, 4.69) is 21.2 Å². The topological polar surface area (TPSA) is 81.2 Å². The third-order valence-electron chi connectivity index (χ3n) is 2.96. The summed E-state index contributed by atoms with van der Waals surface area (Å²) in [5.41, 5.74) is 7.61. The fourth-order valence-corrected chi connectivity index (χ4v) is 2.34. The maximum absolute atomic E-state index is 10.7. The van der Waals surface area contributed by atoms with Crippen molar-refractivity contribution in [3.8, 4) is 0 Å². The molecule has 0 bridgehead atoms. The van der Waals surface area contributed by atoms with Crippen LogP contribution in [0.25, 0.3) is 0 Å². The van der Waals surface area contributed by atoms with Crippen molar-refractivity contribution < 1.29 is 4.92 Å². The Labute approximate surface area is 125 Å². The van der Waals surface area contributed by atoms with Crippen molar-refractivity contribution in [2.24, 2.45) is 0 Å². The summed E-state index contributed by atoms with van der Waals surface area (Å²) in [4.78, 5) is 10.2. The molecule has 6 heteroatoms. The van der Waals surface area contributed by atoms with Crippen LogP contribution in [0, 0.1) is 10.1 Å². The van der Waals surface area contributed by atoms with Crippen molar-refractivity contribution in [1.29, 1.82) is 0 Å². The van der Waals surface area contributed by atoms with Crippen molar-refractivity contribution in [3.63, 3.8) is 0 Å². The van der Waals surface area contributed by atoms with Crippen LogP contribution in [0.4, 0.5) is 17.1 Å². The third kappa shape index (κ3) is 3.27. The van der Waals surface area contributed by atoms with Gasteiger partial charge in [-0.3, -0.25) is 10.1 Å². The Morgan fingerprint density at radius 2 is 2.05 bits per heavy atom. The van der Waals surface area contributed by atoms with Gasteiger partial charge in [-0.15, -0.1) is 0 Å². The molecule has 0 spiro atoms. The van der Waals surface area contributed by atoms with E-state index in [9.17, 15) is 10.1 Å². The SMILES string of the molecule is CC(Nc1ccc([N+](=O)[O-])c(N)c1)c1cccc(Br)c1. The van der Waals surface area contributed by atoms with Gasteiger partial charge in [0.1, 0.15) is 5.69 Å². The van der Waals surface area contributed by atoms with E-state index >= 15 is 0 Å². The zero-order valence-corrected chi connectivity index (χ0v) is 12.4. The zero-order chi connectivity index (χ0) is 14.7. The van der Waals surface area contributed by atoms with Crippen molar-refractivity contribution in [1.82, 2.24) is 0 Å². The van der Waals surface area contributed by atoms with Crippen molar-refractivity contribution in [2.75, 3.05) is 11.1 Å². The van der Waals surface area contributed by atoms with Crippen molar-refractivity contribution in [3.05, 3.63) is 62.6 Å². The van der Waals surface area contributed by atoms with E-state index in [1.54, 1.807) is 12.1 Å². The number of rotatable bonds is 4. The second-order valence-corrected chi connectivity index (χ2v) is 5.37. The molecule has 0 aliphatic rings. The van der Waals surface area contributed by atoms with E-state index in [0.717, 1.165) is 15.7 Å². The molecule has 1 atom stereocenters. The Morgan fingerprint density at radius 1 is 1.30 bits per heavy atom. The minimum Gasteiger partial charge on any atom is -0.393 e. The van der Waals surface area contributed by atoms with Gasteiger partial charge < -0.3 is 11.1 Å². The number of anilines is 2. The first-order chi connectivity index (χ1) is 9.47. The quantitative estimate of drug-likeness (QED) is 0.500. The van der Waals surface area contributed by atoms with Gasteiger partial charge in [0.05, 0.1) is 4.92 Å². The van der Waals surface area contributed by atoms with Crippen LogP contribution in [0.3, 0.4) is 0 Å². The lowest BCUT2D eigenvalue weighted by Crippen LogP contribution is -2.07. The molecule has 0 fully saturated rings. The van der Waals surface area contributed by atoms with Gasteiger partial charge in [0.2, 0.25) is 0 Å². The number of nitrogen functional groups attached to an aromatic ring is 1. The number of hydrogen-bond acceptors (Lipinski definition) is 4. The molecule has 3 N–H and O–H groups in total. The maximum Gasteiger partial charge on any atom is 0.292 e. The highest BCUT2D eigenvalue weighted by atomic mass is 79.9. The van der Waals surface area contributed by atoms with E-state index in [0.29, 0.717) is 0 Å². The van der Waals surface area contributed by atoms with Gasteiger partial charge in [-0.2, -0.15) is 0 Å². The number of nitrogens with one attached hydrogen (secondary N) is 1. The molecular formula is C14H14BrN3O2. The number of nitro benzene ring substituents is 1. The predicted octanol–water partition coefficient (Wildman–Crippen LogP) is 4.11. The van der Waals surface area contributed by atoms with Crippen LogP contribution in [0.1, 0.15) is 18.5 Å². The van der Waals surface area contributed by atoms with Crippen molar-refractivity contribution in [2.45, 2.75) is 13.0 Å². The first kappa shape index (κ1) is 14.3. The first-order valence-electron chi connectivity index (χ1n) is 6.03. The average Bonchev–Trinajstić information content (AvgIpc) is 2.38.